The topological polar surface area (TPSA) is 48.8 Å². The van der Waals surface area contributed by atoms with Crippen LogP contribution in [0.4, 0.5) is 5.82 Å². The average molecular weight is 508 g/mol. The number of piperidine rings is 1. The highest BCUT2D eigenvalue weighted by molar-refractivity contribution is 5.65. The van der Waals surface area contributed by atoms with E-state index in [0.29, 0.717) is 6.04 Å². The zero-order valence-corrected chi connectivity index (χ0v) is 23.9. The molecule has 1 aromatic carbocycles. The van der Waals surface area contributed by atoms with Gasteiger partial charge in [-0.1, -0.05) is 45.9 Å². The maximum Gasteiger partial charge on any atom is 0.129 e. The van der Waals surface area contributed by atoms with E-state index in [1.54, 1.807) is 7.11 Å². The Balaban J connectivity index is 1.45. The molecule has 1 N–H and O–H groups in total. The second-order valence-electron chi connectivity index (χ2n) is 12.4. The van der Waals surface area contributed by atoms with Gasteiger partial charge in [0, 0.05) is 51.6 Å². The largest absolute Gasteiger partial charge is 0.396 e. The lowest BCUT2D eigenvalue weighted by Gasteiger charge is -2.42. The fourth-order valence-corrected chi connectivity index (χ4v) is 6.28. The van der Waals surface area contributed by atoms with Crippen molar-refractivity contribution in [2.45, 2.75) is 89.5 Å². The van der Waals surface area contributed by atoms with Gasteiger partial charge in [0.15, 0.2) is 0 Å². The fourth-order valence-electron chi connectivity index (χ4n) is 6.28. The minimum Gasteiger partial charge on any atom is -0.396 e. The van der Waals surface area contributed by atoms with E-state index in [4.69, 9.17) is 9.72 Å². The number of rotatable bonds is 11. The number of unbranched alkanes of at least 4 members (excludes halogenated alkanes) is 1. The number of benzene rings is 1. The van der Waals surface area contributed by atoms with E-state index in [-0.39, 0.29) is 17.4 Å². The van der Waals surface area contributed by atoms with Crippen LogP contribution in [-0.4, -0.2) is 67.5 Å². The lowest BCUT2D eigenvalue weighted by molar-refractivity contribution is 0.131. The first-order chi connectivity index (χ1) is 17.7. The smallest absolute Gasteiger partial charge is 0.129 e. The minimum absolute atomic E-state index is 0.201. The summed E-state index contributed by atoms with van der Waals surface area (Å²) in [6, 6.07) is 14.2. The molecule has 0 amide bonds. The highest BCUT2D eigenvalue weighted by Gasteiger charge is 2.37. The summed E-state index contributed by atoms with van der Waals surface area (Å²) < 4.78 is 5.30. The normalized spacial score (nSPS) is 19.3. The average Bonchev–Trinajstić information content (AvgIpc) is 2.91. The van der Waals surface area contributed by atoms with Crippen LogP contribution in [-0.2, 0) is 15.6 Å². The van der Waals surface area contributed by atoms with Gasteiger partial charge in [0.2, 0.25) is 0 Å². The zero-order valence-electron chi connectivity index (χ0n) is 23.9. The number of hydrogen-bond donors (Lipinski definition) is 1. The predicted molar refractivity (Wildman–Crippen MR) is 155 cm³/mol. The molecule has 5 heteroatoms. The zero-order chi connectivity index (χ0) is 26.5. The number of methoxy groups -OCH3 is 1. The second kappa shape index (κ2) is 12.3. The van der Waals surface area contributed by atoms with E-state index in [1.165, 1.54) is 29.5 Å². The molecule has 5 nitrogen and oxygen atoms in total. The monoisotopic (exact) mass is 507 g/mol. The van der Waals surface area contributed by atoms with Crippen molar-refractivity contribution in [3.05, 3.63) is 47.5 Å². The Morgan fingerprint density at radius 3 is 2.35 bits per heavy atom. The van der Waals surface area contributed by atoms with Crippen molar-refractivity contribution >= 4 is 5.82 Å². The maximum atomic E-state index is 9.22. The van der Waals surface area contributed by atoms with Gasteiger partial charge in [0.1, 0.15) is 5.82 Å². The van der Waals surface area contributed by atoms with Crippen LogP contribution in [0.25, 0.3) is 11.3 Å². The Kier molecular flexibility index (Phi) is 9.31. The number of aromatic nitrogens is 1. The van der Waals surface area contributed by atoms with Crippen molar-refractivity contribution in [2.75, 3.05) is 51.4 Å². The van der Waals surface area contributed by atoms with Crippen molar-refractivity contribution in [3.8, 4) is 11.3 Å². The van der Waals surface area contributed by atoms with Gasteiger partial charge in [-0.3, -0.25) is 0 Å². The fraction of sp³-hybridized carbons (Fsp3) is 0.656. The van der Waals surface area contributed by atoms with Crippen LogP contribution in [0.15, 0.2) is 36.4 Å². The quantitative estimate of drug-likeness (QED) is 0.368. The molecule has 0 spiro atoms. The molecule has 1 saturated heterocycles. The summed E-state index contributed by atoms with van der Waals surface area (Å²) in [6.07, 6.45) is 7.77. The van der Waals surface area contributed by atoms with Crippen LogP contribution in [0.1, 0.15) is 83.8 Å². The molecule has 1 aliphatic carbocycles. The Labute approximate surface area is 225 Å². The van der Waals surface area contributed by atoms with Crippen LogP contribution < -0.4 is 4.90 Å². The van der Waals surface area contributed by atoms with Gasteiger partial charge >= 0.3 is 0 Å². The van der Waals surface area contributed by atoms with Crippen LogP contribution in [0.2, 0.25) is 0 Å². The molecule has 204 valence electrons. The standard InChI is InChI=1S/C32H49N3O2/c1-31(2)16-17-32(3,4)28-24-25(12-13-27(28)31)29-10-8-11-30(33-29)35-20-14-26(15-21-35)34(18-6-7-22-36)19-9-23-37-5/h8,10-13,24,26,36H,6-7,9,14-23H2,1-5H3. The summed E-state index contributed by atoms with van der Waals surface area (Å²) in [6.45, 7) is 14.8. The van der Waals surface area contributed by atoms with Crippen LogP contribution in [0.5, 0.6) is 0 Å². The summed E-state index contributed by atoms with van der Waals surface area (Å²) in [5.41, 5.74) is 5.73. The first kappa shape index (κ1) is 28.1. The third-order valence-corrected chi connectivity index (χ3v) is 8.84. The van der Waals surface area contributed by atoms with E-state index < -0.39 is 0 Å². The molecule has 1 fully saturated rings. The number of aliphatic hydroxyl groups is 1. The lowest BCUT2D eigenvalue weighted by atomic mass is 9.63. The summed E-state index contributed by atoms with van der Waals surface area (Å²) in [4.78, 5) is 10.3. The summed E-state index contributed by atoms with van der Waals surface area (Å²) in [5.74, 6) is 1.10. The molecule has 1 aliphatic heterocycles. The van der Waals surface area contributed by atoms with Crippen molar-refractivity contribution in [1.29, 1.82) is 0 Å². The number of aliphatic hydroxyl groups excluding tert-OH is 1. The minimum atomic E-state index is 0.201. The number of nitrogens with zero attached hydrogens (tertiary/aromatic N) is 3. The number of hydrogen-bond acceptors (Lipinski definition) is 5. The van der Waals surface area contributed by atoms with E-state index >= 15 is 0 Å². The molecule has 2 aliphatic rings. The van der Waals surface area contributed by atoms with E-state index in [9.17, 15) is 5.11 Å². The highest BCUT2D eigenvalue weighted by atomic mass is 16.5. The van der Waals surface area contributed by atoms with Gasteiger partial charge in [-0.2, -0.15) is 0 Å². The molecule has 0 saturated carbocycles. The van der Waals surface area contributed by atoms with E-state index in [1.807, 2.05) is 0 Å². The Hall–Kier alpha value is -1.95. The lowest BCUT2D eigenvalue weighted by Crippen LogP contribution is -2.46. The first-order valence-corrected chi connectivity index (χ1v) is 14.5. The third kappa shape index (κ3) is 6.74. The van der Waals surface area contributed by atoms with Gasteiger partial charge in [-0.05, 0) is 91.6 Å². The van der Waals surface area contributed by atoms with Gasteiger partial charge in [0.25, 0.3) is 0 Å². The molecule has 2 heterocycles. The number of ether oxygens (including phenoxy) is 1. The molecule has 0 bridgehead atoms. The van der Waals surface area contributed by atoms with E-state index in [0.717, 1.165) is 76.4 Å². The summed E-state index contributed by atoms with van der Waals surface area (Å²) in [5, 5.41) is 9.22. The van der Waals surface area contributed by atoms with Crippen molar-refractivity contribution in [2.24, 2.45) is 0 Å². The second-order valence-corrected chi connectivity index (χ2v) is 12.4. The number of pyridine rings is 1. The van der Waals surface area contributed by atoms with Crippen LogP contribution in [0, 0.1) is 0 Å². The summed E-state index contributed by atoms with van der Waals surface area (Å²) >= 11 is 0. The molecule has 37 heavy (non-hydrogen) atoms. The third-order valence-electron chi connectivity index (χ3n) is 8.84. The molecule has 4 rings (SSSR count). The molecular formula is C32H49N3O2. The Morgan fingerprint density at radius 1 is 0.946 bits per heavy atom. The Bertz CT molecular complexity index is 1000. The maximum absolute atomic E-state index is 9.22. The molecular weight excluding hydrogens is 458 g/mol. The van der Waals surface area contributed by atoms with Gasteiger partial charge in [-0.25, -0.2) is 4.98 Å². The molecule has 0 radical (unpaired) electrons. The molecule has 2 aromatic rings. The van der Waals surface area contributed by atoms with Crippen LogP contribution >= 0.6 is 0 Å². The SMILES string of the molecule is COCCCN(CCCCO)C1CCN(c2cccc(-c3ccc4c(c3)C(C)(C)CCC4(C)C)n2)CC1. The molecule has 0 unspecified atom stereocenters. The van der Waals surface area contributed by atoms with Gasteiger partial charge in [0.05, 0.1) is 5.69 Å². The Morgan fingerprint density at radius 2 is 1.65 bits per heavy atom. The summed E-state index contributed by atoms with van der Waals surface area (Å²) in [7, 11) is 1.78. The van der Waals surface area contributed by atoms with Crippen LogP contribution in [0.3, 0.4) is 0 Å². The first-order valence-electron chi connectivity index (χ1n) is 14.5. The number of anilines is 1. The van der Waals surface area contributed by atoms with Crippen molar-refractivity contribution < 1.29 is 9.84 Å². The number of fused-ring (bicyclic) bond motifs is 1. The van der Waals surface area contributed by atoms with Gasteiger partial charge in [-0.15, -0.1) is 0 Å². The van der Waals surface area contributed by atoms with Crippen molar-refractivity contribution in [1.82, 2.24) is 9.88 Å². The molecule has 1 aromatic heterocycles. The van der Waals surface area contributed by atoms with Crippen molar-refractivity contribution in [3.63, 3.8) is 0 Å². The van der Waals surface area contributed by atoms with E-state index in [2.05, 4.69) is 73.9 Å². The predicted octanol–water partition coefficient (Wildman–Crippen LogP) is 6.18. The van der Waals surface area contributed by atoms with Gasteiger partial charge < -0.3 is 19.6 Å². The highest BCUT2D eigenvalue weighted by Crippen LogP contribution is 2.46. The molecule has 0 atom stereocenters.